The summed E-state index contributed by atoms with van der Waals surface area (Å²) in [6.07, 6.45) is 1.44. The number of nitriles is 1. The number of halogens is 1. The molecule has 0 saturated heterocycles. The molecule has 2 rings (SSSR count). The van der Waals surface area contributed by atoms with Crippen molar-refractivity contribution in [3.63, 3.8) is 0 Å². The van der Waals surface area contributed by atoms with Gasteiger partial charge in [-0.2, -0.15) is 5.26 Å². The fourth-order valence-corrected chi connectivity index (χ4v) is 1.50. The smallest absolute Gasteiger partial charge is 0.101 e. The molecule has 0 amide bonds. The number of hydrogen-bond donors (Lipinski definition) is 0. The molecule has 0 aliphatic rings. The third-order valence-electron chi connectivity index (χ3n) is 2.04. The van der Waals surface area contributed by atoms with Gasteiger partial charge in [0.25, 0.3) is 0 Å². The van der Waals surface area contributed by atoms with E-state index in [4.69, 9.17) is 16.9 Å². The molecule has 0 atom stereocenters. The molecule has 0 fully saturated rings. The van der Waals surface area contributed by atoms with E-state index in [1.807, 2.05) is 6.07 Å². The molecule has 0 N–H and O–H groups in total. The zero-order valence-corrected chi connectivity index (χ0v) is 8.72. The second-order valence-electron chi connectivity index (χ2n) is 3.01. The van der Waals surface area contributed by atoms with Gasteiger partial charge in [0.1, 0.15) is 6.07 Å². The number of nitroso groups, excluding NO2 is 1. The molecule has 0 aliphatic heterocycles. The van der Waals surface area contributed by atoms with Crippen molar-refractivity contribution in [2.75, 3.05) is 0 Å². The van der Waals surface area contributed by atoms with Crippen molar-refractivity contribution >= 4 is 11.6 Å². The molecular formula is C10H5ClN4O. The molecule has 0 radical (unpaired) electrons. The standard InChI is InChI=1S/C10H5ClN4O/c11-9-5-7(1-2-8(9)6-12)10-3-4-15(13-10)14-16/h1-5H. The number of rotatable bonds is 2. The molecule has 2 aromatic rings. The van der Waals surface area contributed by atoms with Crippen LogP contribution in [-0.2, 0) is 0 Å². The summed E-state index contributed by atoms with van der Waals surface area (Å²) in [6, 6.07) is 8.54. The van der Waals surface area contributed by atoms with Crippen LogP contribution < -0.4 is 0 Å². The van der Waals surface area contributed by atoms with Crippen molar-refractivity contribution in [2.24, 2.45) is 5.29 Å². The van der Waals surface area contributed by atoms with Gasteiger partial charge in [0.05, 0.1) is 27.8 Å². The Balaban J connectivity index is 2.45. The van der Waals surface area contributed by atoms with Crippen LogP contribution in [0.4, 0.5) is 0 Å². The first kappa shape index (κ1) is 10.3. The molecule has 0 saturated carbocycles. The SMILES string of the molecule is N#Cc1ccc(-c2ccn(N=O)n2)cc1Cl. The van der Waals surface area contributed by atoms with Crippen LogP contribution in [0.3, 0.4) is 0 Å². The van der Waals surface area contributed by atoms with Gasteiger partial charge in [0.15, 0.2) is 0 Å². The zero-order valence-electron chi connectivity index (χ0n) is 7.96. The largest absolute Gasteiger partial charge is 0.192 e. The van der Waals surface area contributed by atoms with Crippen LogP contribution in [0.25, 0.3) is 11.3 Å². The highest BCUT2D eigenvalue weighted by molar-refractivity contribution is 6.32. The van der Waals surface area contributed by atoms with E-state index in [-0.39, 0.29) is 0 Å². The van der Waals surface area contributed by atoms with Crippen LogP contribution in [0.2, 0.25) is 5.02 Å². The molecular weight excluding hydrogens is 228 g/mol. The van der Waals surface area contributed by atoms with Gasteiger partial charge in [-0.25, -0.2) is 0 Å². The average molecular weight is 233 g/mol. The number of aromatic nitrogens is 2. The Kier molecular flexibility index (Phi) is 2.66. The van der Waals surface area contributed by atoms with Gasteiger partial charge in [-0.05, 0) is 18.2 Å². The third-order valence-corrected chi connectivity index (χ3v) is 2.36. The van der Waals surface area contributed by atoms with Gasteiger partial charge in [-0.1, -0.05) is 17.7 Å². The van der Waals surface area contributed by atoms with Crippen LogP contribution in [0.1, 0.15) is 5.56 Å². The minimum absolute atomic E-state index is 0.355. The molecule has 1 aromatic heterocycles. The Bertz CT molecular complexity index is 585. The molecule has 16 heavy (non-hydrogen) atoms. The van der Waals surface area contributed by atoms with Gasteiger partial charge >= 0.3 is 0 Å². The van der Waals surface area contributed by atoms with Crippen LogP contribution in [0, 0.1) is 16.2 Å². The molecule has 0 bridgehead atoms. The predicted molar refractivity (Wildman–Crippen MR) is 58.6 cm³/mol. The van der Waals surface area contributed by atoms with Crippen LogP contribution in [-0.4, -0.2) is 9.89 Å². The Labute approximate surface area is 95.8 Å². The molecule has 5 nitrogen and oxygen atoms in total. The van der Waals surface area contributed by atoms with Crippen molar-refractivity contribution in [3.8, 4) is 17.3 Å². The highest BCUT2D eigenvalue weighted by Gasteiger charge is 2.05. The molecule has 0 aliphatic carbocycles. The highest BCUT2D eigenvalue weighted by atomic mass is 35.5. The molecule has 0 spiro atoms. The first-order chi connectivity index (χ1) is 7.74. The summed E-state index contributed by atoms with van der Waals surface area (Å²) in [5.74, 6) is 0. The maximum Gasteiger partial charge on any atom is 0.101 e. The summed E-state index contributed by atoms with van der Waals surface area (Å²) in [4.78, 5) is 11.1. The van der Waals surface area contributed by atoms with Crippen molar-refractivity contribution in [2.45, 2.75) is 0 Å². The van der Waals surface area contributed by atoms with E-state index < -0.39 is 0 Å². The lowest BCUT2D eigenvalue weighted by molar-refractivity contribution is 0.735. The van der Waals surface area contributed by atoms with E-state index in [0.29, 0.717) is 16.3 Å². The van der Waals surface area contributed by atoms with Crippen LogP contribution >= 0.6 is 11.6 Å². The number of benzene rings is 1. The number of nitrogens with zero attached hydrogens (tertiary/aromatic N) is 4. The van der Waals surface area contributed by atoms with Crippen molar-refractivity contribution < 1.29 is 0 Å². The van der Waals surface area contributed by atoms with Gasteiger partial charge in [0, 0.05) is 5.56 Å². The average Bonchev–Trinajstić information content (AvgIpc) is 2.77. The Morgan fingerprint density at radius 3 is 2.81 bits per heavy atom. The lowest BCUT2D eigenvalue weighted by Crippen LogP contribution is -1.87. The van der Waals surface area contributed by atoms with E-state index in [1.54, 1.807) is 24.3 Å². The second-order valence-corrected chi connectivity index (χ2v) is 3.42. The van der Waals surface area contributed by atoms with E-state index >= 15 is 0 Å². The lowest BCUT2D eigenvalue weighted by atomic mass is 10.1. The molecule has 78 valence electrons. The van der Waals surface area contributed by atoms with Crippen LogP contribution in [0.5, 0.6) is 0 Å². The fraction of sp³-hybridized carbons (Fsp3) is 0. The Hall–Kier alpha value is -2.19. The summed E-state index contributed by atoms with van der Waals surface area (Å²) < 4.78 is 0. The summed E-state index contributed by atoms with van der Waals surface area (Å²) in [7, 11) is 0. The van der Waals surface area contributed by atoms with Gasteiger partial charge in [-0.3, -0.25) is 0 Å². The minimum atomic E-state index is 0.355. The van der Waals surface area contributed by atoms with Gasteiger partial charge < -0.3 is 0 Å². The van der Waals surface area contributed by atoms with Gasteiger partial charge in [0.2, 0.25) is 0 Å². The lowest BCUT2D eigenvalue weighted by Gasteiger charge is -1.98. The summed E-state index contributed by atoms with van der Waals surface area (Å²) >= 11 is 5.88. The number of hydrogen-bond acceptors (Lipinski definition) is 4. The third kappa shape index (κ3) is 1.78. The monoisotopic (exact) mass is 232 g/mol. The summed E-state index contributed by atoms with van der Waals surface area (Å²) in [5, 5.41) is 15.6. The van der Waals surface area contributed by atoms with Crippen molar-refractivity contribution in [1.82, 2.24) is 9.89 Å². The normalized spacial score (nSPS) is 9.75. The topological polar surface area (TPSA) is 71.0 Å². The Morgan fingerprint density at radius 1 is 1.44 bits per heavy atom. The summed E-state index contributed by atoms with van der Waals surface area (Å²) in [6.45, 7) is 0. The minimum Gasteiger partial charge on any atom is -0.192 e. The van der Waals surface area contributed by atoms with E-state index in [1.165, 1.54) is 6.20 Å². The van der Waals surface area contributed by atoms with E-state index in [0.717, 1.165) is 10.4 Å². The molecule has 1 heterocycles. The van der Waals surface area contributed by atoms with Crippen molar-refractivity contribution in [3.05, 3.63) is 46.0 Å². The van der Waals surface area contributed by atoms with Crippen LogP contribution in [0.15, 0.2) is 35.7 Å². The quantitative estimate of drug-likeness (QED) is 0.747. The van der Waals surface area contributed by atoms with Gasteiger partial charge in [-0.15, -0.1) is 14.8 Å². The molecule has 0 unspecified atom stereocenters. The van der Waals surface area contributed by atoms with Crippen molar-refractivity contribution in [1.29, 1.82) is 5.26 Å². The maximum atomic E-state index is 10.2. The fourth-order valence-electron chi connectivity index (χ4n) is 1.28. The predicted octanol–water partition coefficient (Wildman–Crippen LogP) is 2.60. The van der Waals surface area contributed by atoms with E-state index in [2.05, 4.69) is 10.4 Å². The Morgan fingerprint density at radius 2 is 2.25 bits per heavy atom. The first-order valence-electron chi connectivity index (χ1n) is 4.34. The maximum absolute atomic E-state index is 10.2. The molecule has 6 heteroatoms. The zero-order chi connectivity index (χ0) is 11.5. The van der Waals surface area contributed by atoms with E-state index in [9.17, 15) is 4.91 Å². The second kappa shape index (κ2) is 4.13. The highest BCUT2D eigenvalue weighted by Crippen LogP contribution is 2.23. The summed E-state index contributed by atoms with van der Waals surface area (Å²) in [5.41, 5.74) is 1.70. The molecule has 1 aromatic carbocycles. The first-order valence-corrected chi connectivity index (χ1v) is 4.71.